The van der Waals surface area contributed by atoms with E-state index in [2.05, 4.69) is 20.2 Å². The van der Waals surface area contributed by atoms with Crippen LogP contribution in [-0.4, -0.2) is 72.2 Å². The molecule has 2 N–H and O–H groups in total. The van der Waals surface area contributed by atoms with Crippen LogP contribution >= 0.6 is 11.8 Å². The topological polar surface area (TPSA) is 79.5 Å². The van der Waals surface area contributed by atoms with Crippen LogP contribution in [0.3, 0.4) is 0 Å². The van der Waals surface area contributed by atoms with Gasteiger partial charge in [-0.25, -0.2) is 9.37 Å². The molecule has 4 heterocycles. The first-order chi connectivity index (χ1) is 18.1. The fourth-order valence-corrected chi connectivity index (χ4v) is 7.76. The van der Waals surface area contributed by atoms with Gasteiger partial charge in [0.15, 0.2) is 0 Å². The Labute approximate surface area is 222 Å². The molecule has 1 spiro atoms. The van der Waals surface area contributed by atoms with Crippen molar-refractivity contribution in [2.75, 3.05) is 46.0 Å². The number of aromatic nitrogens is 2. The average molecular weight is 531 g/mol. The first-order valence-electron chi connectivity index (χ1n) is 14.1. The Bertz CT molecular complexity index is 1130. The summed E-state index contributed by atoms with van der Waals surface area (Å²) >= 11 is 1.77. The molecule has 1 saturated carbocycles. The maximum Gasteiger partial charge on any atom is 0.261 e. The van der Waals surface area contributed by atoms with Crippen molar-refractivity contribution in [3.8, 4) is 5.75 Å². The van der Waals surface area contributed by atoms with Gasteiger partial charge in [-0.3, -0.25) is 4.79 Å². The summed E-state index contributed by atoms with van der Waals surface area (Å²) in [5.41, 5.74) is 0.564. The van der Waals surface area contributed by atoms with Crippen molar-refractivity contribution in [3.63, 3.8) is 0 Å². The minimum Gasteiger partial charge on any atom is -0.493 e. The van der Waals surface area contributed by atoms with Crippen LogP contribution < -0.4 is 15.6 Å². The van der Waals surface area contributed by atoms with E-state index in [0.717, 1.165) is 58.0 Å². The molecule has 2 aromatic rings. The molecule has 3 aliphatic heterocycles. The summed E-state index contributed by atoms with van der Waals surface area (Å²) in [7, 11) is 0. The number of nitrogens with one attached hydrogen (secondary N) is 2. The number of benzene rings is 1. The van der Waals surface area contributed by atoms with Gasteiger partial charge in [0.2, 0.25) is 0 Å². The summed E-state index contributed by atoms with van der Waals surface area (Å²) in [6.07, 6.45) is 9.67. The van der Waals surface area contributed by atoms with Crippen molar-refractivity contribution in [1.82, 2.24) is 20.2 Å². The van der Waals surface area contributed by atoms with E-state index < -0.39 is 11.4 Å². The summed E-state index contributed by atoms with van der Waals surface area (Å²) in [6.45, 7) is 6.76. The largest absolute Gasteiger partial charge is 0.493 e. The Hall–Kier alpha value is -1.68. The Kier molecular flexibility index (Phi) is 7.75. The van der Waals surface area contributed by atoms with Gasteiger partial charge in [0.1, 0.15) is 22.8 Å². The highest BCUT2D eigenvalue weighted by Gasteiger charge is 2.46. The summed E-state index contributed by atoms with van der Waals surface area (Å²) in [5, 5.41) is 4.00. The number of halogens is 1. The lowest BCUT2D eigenvalue weighted by Crippen LogP contribution is -2.56. The highest BCUT2D eigenvalue weighted by Crippen LogP contribution is 2.50. The zero-order valence-corrected chi connectivity index (χ0v) is 22.4. The first-order valence-corrected chi connectivity index (χ1v) is 15.1. The predicted molar refractivity (Wildman–Crippen MR) is 145 cm³/mol. The number of hydrogen-bond donors (Lipinski definition) is 2. The number of ether oxygens (including phenoxy) is 2. The van der Waals surface area contributed by atoms with Gasteiger partial charge in [-0.15, -0.1) is 0 Å². The van der Waals surface area contributed by atoms with E-state index in [9.17, 15) is 9.18 Å². The number of rotatable bonds is 7. The molecule has 6 rings (SSSR count). The molecule has 4 fully saturated rings. The normalized spacial score (nSPS) is 23.9. The zero-order valence-electron chi connectivity index (χ0n) is 21.6. The van der Waals surface area contributed by atoms with E-state index in [1.54, 1.807) is 17.8 Å². The number of piperidine rings is 2. The zero-order chi connectivity index (χ0) is 25.2. The molecule has 0 amide bonds. The van der Waals surface area contributed by atoms with Gasteiger partial charge in [-0.2, -0.15) is 11.8 Å². The Morgan fingerprint density at radius 2 is 1.89 bits per heavy atom. The second-order valence-corrected chi connectivity index (χ2v) is 12.8. The highest BCUT2D eigenvalue weighted by molar-refractivity contribution is 7.99. The van der Waals surface area contributed by atoms with Crippen LogP contribution in [0.4, 0.5) is 4.39 Å². The highest BCUT2D eigenvalue weighted by atomic mass is 32.2. The Morgan fingerprint density at radius 1 is 1.14 bits per heavy atom. The molecule has 0 atom stereocenters. The molecule has 7 nitrogen and oxygen atoms in total. The van der Waals surface area contributed by atoms with Crippen molar-refractivity contribution in [1.29, 1.82) is 0 Å². The monoisotopic (exact) mass is 530 g/mol. The van der Waals surface area contributed by atoms with Gasteiger partial charge in [0.05, 0.1) is 17.9 Å². The second kappa shape index (κ2) is 11.2. The van der Waals surface area contributed by atoms with E-state index in [-0.39, 0.29) is 5.39 Å². The minimum absolute atomic E-state index is 0.00694. The maximum atomic E-state index is 14.8. The van der Waals surface area contributed by atoms with Crippen molar-refractivity contribution in [2.45, 2.75) is 68.4 Å². The maximum absolute atomic E-state index is 14.8. The van der Waals surface area contributed by atoms with Crippen molar-refractivity contribution in [2.24, 2.45) is 11.3 Å². The third kappa shape index (κ3) is 5.84. The van der Waals surface area contributed by atoms with Crippen molar-refractivity contribution < 1.29 is 13.9 Å². The number of hydrogen-bond acceptors (Lipinski definition) is 7. The molecule has 0 unspecified atom stereocenters. The third-order valence-corrected chi connectivity index (χ3v) is 10.4. The summed E-state index contributed by atoms with van der Waals surface area (Å²) in [5.74, 6) is 1.54. The molecule has 1 aromatic heterocycles. The van der Waals surface area contributed by atoms with E-state index in [1.807, 2.05) is 0 Å². The first kappa shape index (κ1) is 25.6. The van der Waals surface area contributed by atoms with Crippen LogP contribution in [0.25, 0.3) is 10.9 Å². The van der Waals surface area contributed by atoms with E-state index in [0.29, 0.717) is 46.0 Å². The SMILES string of the molecule is O=c1[nH]c(CSC2CCOCC2)nc2cc(OCC3CCN(C4CC5(CCNCC5)C4)CC3)cc(F)c12. The van der Waals surface area contributed by atoms with Gasteiger partial charge in [-0.1, -0.05) is 0 Å². The molecule has 1 aliphatic carbocycles. The van der Waals surface area contributed by atoms with Crippen LogP contribution in [-0.2, 0) is 10.5 Å². The molecule has 1 aromatic carbocycles. The average Bonchev–Trinajstić information content (AvgIpc) is 2.90. The lowest BCUT2D eigenvalue weighted by molar-refractivity contribution is -0.0350. The van der Waals surface area contributed by atoms with Crippen LogP contribution in [0.5, 0.6) is 5.75 Å². The minimum atomic E-state index is -0.573. The number of nitrogens with zero attached hydrogens (tertiary/aromatic N) is 2. The smallest absolute Gasteiger partial charge is 0.261 e. The molecule has 0 radical (unpaired) electrons. The number of thioether (sulfide) groups is 1. The quantitative estimate of drug-likeness (QED) is 0.558. The molecule has 9 heteroatoms. The molecule has 4 aliphatic rings. The van der Waals surface area contributed by atoms with Crippen LogP contribution in [0.2, 0.25) is 0 Å². The van der Waals surface area contributed by atoms with E-state index >= 15 is 0 Å². The molecule has 37 heavy (non-hydrogen) atoms. The number of likely N-dealkylation sites (tertiary alicyclic amines) is 1. The molecule has 202 valence electrons. The standard InChI is InChI=1S/C28H39FN4O3S/c29-23-13-21(14-24-26(23)27(34)32-25(31-24)18-37-22-3-11-35-12-4-22)36-17-19-1-9-33(10-2-19)20-15-28(16-20)5-7-30-8-6-28/h13-14,19-20,22,30H,1-12,15-18H2,(H,31,32,34). The third-order valence-electron chi connectivity index (χ3n) is 9.06. The Morgan fingerprint density at radius 3 is 2.65 bits per heavy atom. The number of fused-ring (bicyclic) bond motifs is 1. The van der Waals surface area contributed by atoms with Gasteiger partial charge >= 0.3 is 0 Å². The molecular weight excluding hydrogens is 491 g/mol. The van der Waals surface area contributed by atoms with Crippen LogP contribution in [0.1, 0.15) is 57.2 Å². The van der Waals surface area contributed by atoms with E-state index in [4.69, 9.17) is 9.47 Å². The number of aromatic amines is 1. The van der Waals surface area contributed by atoms with Gasteiger partial charge in [0, 0.05) is 36.6 Å². The van der Waals surface area contributed by atoms with Crippen LogP contribution in [0, 0.1) is 17.2 Å². The van der Waals surface area contributed by atoms with Gasteiger partial charge in [0.25, 0.3) is 5.56 Å². The Balaban J connectivity index is 1.02. The molecular formula is C28H39FN4O3S. The molecule has 3 saturated heterocycles. The summed E-state index contributed by atoms with van der Waals surface area (Å²) in [4.78, 5) is 22.6. The molecule has 0 bridgehead atoms. The van der Waals surface area contributed by atoms with Gasteiger partial charge < -0.3 is 24.7 Å². The van der Waals surface area contributed by atoms with Crippen molar-refractivity contribution >= 4 is 22.7 Å². The summed E-state index contributed by atoms with van der Waals surface area (Å²) in [6, 6.07) is 3.81. The van der Waals surface area contributed by atoms with Gasteiger partial charge in [-0.05, 0) is 88.9 Å². The van der Waals surface area contributed by atoms with E-state index in [1.165, 1.54) is 44.8 Å². The van der Waals surface area contributed by atoms with Crippen LogP contribution in [0.15, 0.2) is 16.9 Å². The fourth-order valence-electron chi connectivity index (χ4n) is 6.70. The predicted octanol–water partition coefficient (Wildman–Crippen LogP) is 4.10. The summed E-state index contributed by atoms with van der Waals surface area (Å²) < 4.78 is 26.3. The lowest BCUT2D eigenvalue weighted by atomic mass is 9.60. The van der Waals surface area contributed by atoms with Crippen molar-refractivity contribution in [3.05, 3.63) is 34.1 Å². The lowest BCUT2D eigenvalue weighted by Gasteiger charge is -2.55. The fraction of sp³-hybridized carbons (Fsp3) is 0.714. The second-order valence-electron chi connectivity index (χ2n) is 11.5. The number of H-pyrrole nitrogens is 1.